The summed E-state index contributed by atoms with van der Waals surface area (Å²) in [6.45, 7) is 1.87. The predicted octanol–water partition coefficient (Wildman–Crippen LogP) is 4.17. The fourth-order valence-electron chi connectivity index (χ4n) is 2.65. The van der Waals surface area contributed by atoms with E-state index in [4.69, 9.17) is 11.6 Å². The van der Waals surface area contributed by atoms with Gasteiger partial charge in [0.25, 0.3) is 5.56 Å². The summed E-state index contributed by atoms with van der Waals surface area (Å²) in [6, 6.07) is 15.6. The van der Waals surface area contributed by atoms with E-state index in [2.05, 4.69) is 0 Å². The Morgan fingerprint density at radius 3 is 2.45 bits per heavy atom. The number of nitrogens with zero attached hydrogens (tertiary/aromatic N) is 1. The van der Waals surface area contributed by atoms with Crippen molar-refractivity contribution in [1.82, 2.24) is 4.57 Å². The van der Waals surface area contributed by atoms with Crippen LogP contribution in [-0.4, -0.2) is 4.57 Å². The molecule has 0 aliphatic rings. The fourth-order valence-corrected chi connectivity index (χ4v) is 2.82. The highest BCUT2D eigenvalue weighted by Crippen LogP contribution is 2.31. The standard InChI is InChI=1S/C17H14ClNO/c1-11-16(12-6-4-3-5-7-12)14-10-13(18)8-9-15(14)19(2)17(11)20/h3-10H,1-2H3. The average Bonchev–Trinajstić information content (AvgIpc) is 2.46. The van der Waals surface area contributed by atoms with Gasteiger partial charge in [-0.1, -0.05) is 41.9 Å². The van der Waals surface area contributed by atoms with E-state index in [0.29, 0.717) is 5.02 Å². The molecule has 0 spiro atoms. The Hall–Kier alpha value is -2.06. The van der Waals surface area contributed by atoms with Crippen LogP contribution in [0.3, 0.4) is 0 Å². The van der Waals surface area contributed by atoms with Gasteiger partial charge in [0.1, 0.15) is 0 Å². The Morgan fingerprint density at radius 2 is 1.75 bits per heavy atom. The third kappa shape index (κ3) is 1.93. The number of fused-ring (bicyclic) bond motifs is 1. The Morgan fingerprint density at radius 1 is 1.05 bits per heavy atom. The molecule has 2 nitrogen and oxygen atoms in total. The molecule has 0 atom stereocenters. The number of pyridine rings is 1. The van der Waals surface area contributed by atoms with Crippen LogP contribution in [0.5, 0.6) is 0 Å². The van der Waals surface area contributed by atoms with Gasteiger partial charge in [-0.25, -0.2) is 0 Å². The molecule has 0 unspecified atom stereocenters. The first-order valence-electron chi connectivity index (χ1n) is 6.44. The van der Waals surface area contributed by atoms with E-state index in [1.165, 1.54) is 0 Å². The molecule has 0 saturated heterocycles. The van der Waals surface area contributed by atoms with Crippen LogP contribution >= 0.6 is 11.6 Å². The molecule has 1 heterocycles. The molecule has 3 aromatic rings. The van der Waals surface area contributed by atoms with Gasteiger partial charge in [0, 0.05) is 23.0 Å². The number of aromatic nitrogens is 1. The second-order valence-corrected chi connectivity index (χ2v) is 5.33. The van der Waals surface area contributed by atoms with Crippen molar-refractivity contribution in [3.05, 3.63) is 69.5 Å². The second kappa shape index (κ2) is 4.80. The van der Waals surface area contributed by atoms with Gasteiger partial charge in [-0.05, 0) is 36.2 Å². The minimum Gasteiger partial charge on any atom is -0.311 e. The Labute approximate surface area is 122 Å². The maximum absolute atomic E-state index is 12.4. The quantitative estimate of drug-likeness (QED) is 0.657. The molecule has 0 aliphatic heterocycles. The molecule has 2 aromatic carbocycles. The number of hydrogen-bond donors (Lipinski definition) is 0. The van der Waals surface area contributed by atoms with Crippen molar-refractivity contribution in [2.24, 2.45) is 7.05 Å². The van der Waals surface area contributed by atoms with Crippen LogP contribution in [0.15, 0.2) is 53.3 Å². The van der Waals surface area contributed by atoms with Crippen LogP contribution in [0.4, 0.5) is 0 Å². The molecule has 1 aromatic heterocycles. The first-order chi connectivity index (χ1) is 9.59. The highest BCUT2D eigenvalue weighted by atomic mass is 35.5. The summed E-state index contributed by atoms with van der Waals surface area (Å²) in [7, 11) is 1.79. The van der Waals surface area contributed by atoms with Crippen molar-refractivity contribution in [2.75, 3.05) is 0 Å². The molecule has 0 amide bonds. The highest BCUT2D eigenvalue weighted by Gasteiger charge is 2.13. The van der Waals surface area contributed by atoms with Crippen LogP contribution in [0.25, 0.3) is 22.0 Å². The third-order valence-electron chi connectivity index (χ3n) is 3.65. The third-order valence-corrected chi connectivity index (χ3v) is 3.89. The van der Waals surface area contributed by atoms with E-state index in [-0.39, 0.29) is 5.56 Å². The summed E-state index contributed by atoms with van der Waals surface area (Å²) in [5.74, 6) is 0. The monoisotopic (exact) mass is 283 g/mol. The Balaban J connectivity index is 2.53. The van der Waals surface area contributed by atoms with Gasteiger partial charge in [-0.15, -0.1) is 0 Å². The van der Waals surface area contributed by atoms with Gasteiger partial charge in [0.2, 0.25) is 0 Å². The molecule has 0 fully saturated rings. The van der Waals surface area contributed by atoms with Crippen molar-refractivity contribution in [1.29, 1.82) is 0 Å². The van der Waals surface area contributed by atoms with Crippen molar-refractivity contribution < 1.29 is 0 Å². The van der Waals surface area contributed by atoms with Gasteiger partial charge < -0.3 is 4.57 Å². The molecule has 100 valence electrons. The molecule has 3 rings (SSSR count). The van der Waals surface area contributed by atoms with Gasteiger partial charge in [-0.2, -0.15) is 0 Å². The van der Waals surface area contributed by atoms with E-state index in [0.717, 1.165) is 27.6 Å². The van der Waals surface area contributed by atoms with E-state index < -0.39 is 0 Å². The molecule has 3 heteroatoms. The minimum absolute atomic E-state index is 0.0266. The zero-order chi connectivity index (χ0) is 14.3. The summed E-state index contributed by atoms with van der Waals surface area (Å²) >= 11 is 6.14. The Bertz CT molecular complexity index is 850. The van der Waals surface area contributed by atoms with E-state index >= 15 is 0 Å². The smallest absolute Gasteiger partial charge is 0.254 e. The Kier molecular flexibility index (Phi) is 3.11. The number of rotatable bonds is 1. The number of aryl methyl sites for hydroxylation is 1. The van der Waals surface area contributed by atoms with Crippen molar-refractivity contribution >= 4 is 22.5 Å². The maximum atomic E-state index is 12.4. The lowest BCUT2D eigenvalue weighted by atomic mass is 9.97. The zero-order valence-electron chi connectivity index (χ0n) is 11.4. The van der Waals surface area contributed by atoms with Gasteiger partial charge in [0.15, 0.2) is 0 Å². The molecule has 20 heavy (non-hydrogen) atoms. The number of hydrogen-bond acceptors (Lipinski definition) is 1. The van der Waals surface area contributed by atoms with E-state index in [9.17, 15) is 4.79 Å². The average molecular weight is 284 g/mol. The number of benzene rings is 2. The summed E-state index contributed by atoms with van der Waals surface area (Å²) in [6.07, 6.45) is 0. The van der Waals surface area contributed by atoms with Gasteiger partial charge >= 0.3 is 0 Å². The highest BCUT2D eigenvalue weighted by molar-refractivity contribution is 6.31. The first kappa shape index (κ1) is 12.9. The molecule has 0 saturated carbocycles. The maximum Gasteiger partial charge on any atom is 0.254 e. The largest absolute Gasteiger partial charge is 0.311 e. The van der Waals surface area contributed by atoms with Crippen LogP contribution in [0.2, 0.25) is 5.02 Å². The molecule has 0 bridgehead atoms. The fraction of sp³-hybridized carbons (Fsp3) is 0.118. The predicted molar refractivity (Wildman–Crippen MR) is 84.4 cm³/mol. The lowest BCUT2D eigenvalue weighted by Gasteiger charge is -2.14. The van der Waals surface area contributed by atoms with E-state index in [1.807, 2.05) is 55.5 Å². The topological polar surface area (TPSA) is 22.0 Å². The van der Waals surface area contributed by atoms with Crippen molar-refractivity contribution in [3.8, 4) is 11.1 Å². The van der Waals surface area contributed by atoms with Crippen LogP contribution in [-0.2, 0) is 7.05 Å². The first-order valence-corrected chi connectivity index (χ1v) is 6.81. The van der Waals surface area contributed by atoms with Crippen LogP contribution in [0.1, 0.15) is 5.56 Å². The summed E-state index contributed by atoms with van der Waals surface area (Å²) < 4.78 is 1.67. The summed E-state index contributed by atoms with van der Waals surface area (Å²) in [5, 5.41) is 1.68. The summed E-state index contributed by atoms with van der Waals surface area (Å²) in [4.78, 5) is 12.4. The van der Waals surface area contributed by atoms with Crippen molar-refractivity contribution in [2.45, 2.75) is 6.92 Å². The van der Waals surface area contributed by atoms with Crippen LogP contribution < -0.4 is 5.56 Å². The summed E-state index contributed by atoms with van der Waals surface area (Å²) in [5.41, 5.74) is 3.66. The van der Waals surface area contributed by atoms with E-state index in [1.54, 1.807) is 11.6 Å². The molecular weight excluding hydrogens is 270 g/mol. The molecule has 0 radical (unpaired) electrons. The van der Waals surface area contributed by atoms with Gasteiger partial charge in [-0.3, -0.25) is 4.79 Å². The van der Waals surface area contributed by atoms with Gasteiger partial charge in [0.05, 0.1) is 5.52 Å². The second-order valence-electron chi connectivity index (χ2n) is 4.89. The lowest BCUT2D eigenvalue weighted by molar-refractivity contribution is 0.894. The molecule has 0 N–H and O–H groups in total. The van der Waals surface area contributed by atoms with Crippen LogP contribution in [0, 0.1) is 6.92 Å². The minimum atomic E-state index is 0.0266. The zero-order valence-corrected chi connectivity index (χ0v) is 12.1. The molecule has 0 aliphatic carbocycles. The SMILES string of the molecule is Cc1c(-c2ccccc2)c2cc(Cl)ccc2n(C)c1=O. The van der Waals surface area contributed by atoms with Crippen molar-refractivity contribution in [3.63, 3.8) is 0 Å². The lowest BCUT2D eigenvalue weighted by Crippen LogP contribution is -2.20. The normalized spacial score (nSPS) is 10.9. The number of halogens is 1. The molecular formula is C17H14ClNO.